The van der Waals surface area contributed by atoms with Gasteiger partial charge in [-0.3, -0.25) is 4.57 Å². The zero-order valence-corrected chi connectivity index (χ0v) is 15.4. The van der Waals surface area contributed by atoms with Gasteiger partial charge in [-0.1, -0.05) is 42.5 Å². The Morgan fingerprint density at radius 2 is 1.48 bits per heavy atom. The van der Waals surface area contributed by atoms with E-state index in [1.165, 1.54) is 0 Å². The number of carbonyl (C=O) groups excluding carboxylic acids is 1. The second-order valence-electron chi connectivity index (χ2n) is 5.36. The fourth-order valence-electron chi connectivity index (χ4n) is 2.30. The number of carbonyl (C=O) groups is 1. The van der Waals surface area contributed by atoms with E-state index in [1.54, 1.807) is 38.1 Å². The van der Waals surface area contributed by atoms with Gasteiger partial charge in [0.25, 0.3) is 0 Å². The van der Waals surface area contributed by atoms with E-state index in [0.717, 1.165) is 11.1 Å². The van der Waals surface area contributed by atoms with Gasteiger partial charge >= 0.3 is 13.6 Å². The standard InChI is InChI=1S/C19H23O5P/c1-3-23-25(21,24-4-2)15-17-10-12-18(13-11-17)19(20)22-14-16-8-6-5-7-9-16/h5-13H,3-4,14-15H2,1-2H3. The fraction of sp³-hybridized carbons (Fsp3) is 0.316. The lowest BCUT2D eigenvalue weighted by Crippen LogP contribution is -2.05. The molecule has 6 heteroatoms. The Hall–Kier alpha value is -1.94. The Morgan fingerprint density at radius 3 is 2.04 bits per heavy atom. The second kappa shape index (κ2) is 9.52. The fourth-order valence-corrected chi connectivity index (χ4v) is 4.00. The molecule has 0 radical (unpaired) electrons. The molecule has 0 aromatic heterocycles. The molecule has 0 fully saturated rings. The molecule has 2 aromatic rings. The van der Waals surface area contributed by atoms with Crippen molar-refractivity contribution in [3.8, 4) is 0 Å². The minimum atomic E-state index is -3.15. The highest BCUT2D eigenvalue weighted by Crippen LogP contribution is 2.51. The summed E-state index contributed by atoms with van der Waals surface area (Å²) in [6.45, 7) is 4.42. The molecule has 0 aliphatic rings. The zero-order chi connectivity index (χ0) is 18.1. The number of rotatable bonds is 9. The lowest BCUT2D eigenvalue weighted by molar-refractivity contribution is 0.0472. The Kier molecular flexibility index (Phi) is 7.38. The number of esters is 1. The van der Waals surface area contributed by atoms with Crippen LogP contribution in [0.15, 0.2) is 54.6 Å². The summed E-state index contributed by atoms with van der Waals surface area (Å²) in [6, 6.07) is 16.3. The summed E-state index contributed by atoms with van der Waals surface area (Å²) in [5.74, 6) is -0.395. The molecule has 0 bridgehead atoms. The Bertz CT molecular complexity index is 702. The second-order valence-corrected chi connectivity index (χ2v) is 7.42. The molecule has 0 aliphatic carbocycles. The molecule has 0 amide bonds. The molecular formula is C19H23O5P. The van der Waals surface area contributed by atoms with E-state index in [4.69, 9.17) is 13.8 Å². The van der Waals surface area contributed by atoms with Gasteiger partial charge in [0, 0.05) is 0 Å². The smallest absolute Gasteiger partial charge is 0.338 e. The molecule has 0 heterocycles. The average Bonchev–Trinajstić information content (AvgIpc) is 2.61. The summed E-state index contributed by atoms with van der Waals surface area (Å²) in [5.41, 5.74) is 2.16. The quantitative estimate of drug-likeness (QED) is 0.473. The maximum Gasteiger partial charge on any atom is 0.338 e. The van der Waals surface area contributed by atoms with Crippen molar-refractivity contribution in [2.24, 2.45) is 0 Å². The predicted octanol–water partition coefficient (Wildman–Crippen LogP) is 4.81. The summed E-state index contributed by atoms with van der Waals surface area (Å²) in [7, 11) is -3.15. The van der Waals surface area contributed by atoms with Crippen molar-refractivity contribution in [1.82, 2.24) is 0 Å². The first-order valence-corrected chi connectivity index (χ1v) is 9.97. The van der Waals surface area contributed by atoms with Crippen molar-refractivity contribution < 1.29 is 23.1 Å². The monoisotopic (exact) mass is 362 g/mol. The highest BCUT2D eigenvalue weighted by Gasteiger charge is 2.24. The van der Waals surface area contributed by atoms with Crippen molar-refractivity contribution in [3.05, 3.63) is 71.3 Å². The summed E-state index contributed by atoms with van der Waals surface area (Å²) in [6.07, 6.45) is 0.175. The first-order chi connectivity index (χ1) is 12.1. The molecule has 0 spiro atoms. The first kappa shape index (κ1) is 19.4. The van der Waals surface area contributed by atoms with Crippen molar-refractivity contribution in [2.75, 3.05) is 13.2 Å². The first-order valence-electron chi connectivity index (χ1n) is 8.24. The van der Waals surface area contributed by atoms with E-state index in [9.17, 15) is 9.36 Å². The number of hydrogen-bond acceptors (Lipinski definition) is 5. The van der Waals surface area contributed by atoms with Crippen molar-refractivity contribution >= 4 is 13.6 Å². The number of hydrogen-bond donors (Lipinski definition) is 0. The van der Waals surface area contributed by atoms with Crippen LogP contribution in [-0.2, 0) is 31.1 Å². The highest BCUT2D eigenvalue weighted by molar-refractivity contribution is 7.53. The summed E-state index contributed by atoms with van der Waals surface area (Å²) >= 11 is 0. The Labute approximate surface area is 148 Å². The number of ether oxygens (including phenoxy) is 1. The van der Waals surface area contributed by atoms with Crippen molar-refractivity contribution in [3.63, 3.8) is 0 Å². The lowest BCUT2D eigenvalue weighted by atomic mass is 10.1. The van der Waals surface area contributed by atoms with Crippen LogP contribution >= 0.6 is 7.60 Å². The molecule has 0 N–H and O–H groups in total. The Morgan fingerprint density at radius 1 is 0.880 bits per heavy atom. The van der Waals surface area contributed by atoms with Crippen LogP contribution in [0.25, 0.3) is 0 Å². The van der Waals surface area contributed by atoms with Gasteiger partial charge in [-0.15, -0.1) is 0 Å². The van der Waals surface area contributed by atoms with Gasteiger partial charge in [-0.2, -0.15) is 0 Å². The van der Waals surface area contributed by atoms with Gasteiger partial charge in [-0.05, 0) is 37.1 Å². The number of benzene rings is 2. The average molecular weight is 362 g/mol. The lowest BCUT2D eigenvalue weighted by Gasteiger charge is -2.17. The van der Waals surface area contributed by atoms with Crippen LogP contribution in [0.1, 0.15) is 35.3 Å². The zero-order valence-electron chi connectivity index (χ0n) is 14.5. The minimum Gasteiger partial charge on any atom is -0.457 e. The topological polar surface area (TPSA) is 61.8 Å². The van der Waals surface area contributed by atoms with Crippen LogP contribution in [0.4, 0.5) is 0 Å². The third kappa shape index (κ3) is 6.13. The van der Waals surface area contributed by atoms with Gasteiger partial charge < -0.3 is 13.8 Å². The van der Waals surface area contributed by atoms with Gasteiger partial charge in [0.2, 0.25) is 0 Å². The molecule has 0 saturated heterocycles. The summed E-state index contributed by atoms with van der Waals surface area (Å²) in [5, 5.41) is 0. The van der Waals surface area contributed by atoms with Crippen LogP contribution in [-0.4, -0.2) is 19.2 Å². The largest absolute Gasteiger partial charge is 0.457 e. The van der Waals surface area contributed by atoms with Crippen LogP contribution < -0.4 is 0 Å². The van der Waals surface area contributed by atoms with Crippen molar-refractivity contribution in [1.29, 1.82) is 0 Å². The van der Waals surface area contributed by atoms with E-state index in [2.05, 4.69) is 0 Å². The molecule has 0 atom stereocenters. The van der Waals surface area contributed by atoms with Gasteiger partial charge in [0.15, 0.2) is 0 Å². The van der Waals surface area contributed by atoms with Gasteiger partial charge in [0.1, 0.15) is 6.61 Å². The molecule has 2 aromatic carbocycles. The van der Waals surface area contributed by atoms with Gasteiger partial charge in [-0.25, -0.2) is 4.79 Å². The highest BCUT2D eigenvalue weighted by atomic mass is 31.2. The van der Waals surface area contributed by atoms with Crippen LogP contribution in [0.5, 0.6) is 0 Å². The molecular weight excluding hydrogens is 339 g/mol. The third-order valence-corrected chi connectivity index (χ3v) is 5.49. The molecule has 0 saturated carbocycles. The van der Waals surface area contributed by atoms with E-state index >= 15 is 0 Å². The third-order valence-electron chi connectivity index (χ3n) is 3.43. The van der Waals surface area contributed by atoms with Crippen LogP contribution in [0.2, 0.25) is 0 Å². The Balaban J connectivity index is 1.96. The molecule has 2 rings (SSSR count). The van der Waals surface area contributed by atoms with Gasteiger partial charge in [0.05, 0.1) is 24.9 Å². The predicted molar refractivity (Wildman–Crippen MR) is 96.6 cm³/mol. The van der Waals surface area contributed by atoms with E-state index in [0.29, 0.717) is 18.8 Å². The SMILES string of the molecule is CCOP(=O)(Cc1ccc(C(=O)OCc2ccccc2)cc1)OCC. The van der Waals surface area contributed by atoms with Crippen LogP contribution in [0.3, 0.4) is 0 Å². The van der Waals surface area contributed by atoms with Crippen molar-refractivity contribution in [2.45, 2.75) is 26.6 Å². The van der Waals surface area contributed by atoms with E-state index in [1.807, 2.05) is 30.3 Å². The summed E-state index contributed by atoms with van der Waals surface area (Å²) in [4.78, 5) is 12.1. The maximum atomic E-state index is 12.5. The van der Waals surface area contributed by atoms with E-state index < -0.39 is 13.6 Å². The minimum absolute atomic E-state index is 0.175. The molecule has 134 valence electrons. The molecule has 25 heavy (non-hydrogen) atoms. The summed E-state index contributed by atoms with van der Waals surface area (Å²) < 4.78 is 28.4. The van der Waals surface area contributed by atoms with Crippen LogP contribution in [0, 0.1) is 0 Å². The molecule has 0 unspecified atom stereocenters. The molecule has 0 aliphatic heterocycles. The molecule has 5 nitrogen and oxygen atoms in total. The van der Waals surface area contributed by atoms with E-state index in [-0.39, 0.29) is 12.8 Å². The normalized spacial score (nSPS) is 11.3. The maximum absolute atomic E-state index is 12.5.